The van der Waals surface area contributed by atoms with Crippen LogP contribution in [0.4, 0.5) is 0 Å². The number of carboxylic acids is 1. The highest BCUT2D eigenvalue weighted by Crippen LogP contribution is 2.16. The molecule has 1 saturated heterocycles. The van der Waals surface area contributed by atoms with Crippen molar-refractivity contribution in [3.05, 3.63) is 0 Å². The Labute approximate surface area is 97.6 Å². The van der Waals surface area contributed by atoms with Gasteiger partial charge in [-0.15, -0.1) is 0 Å². The number of carboxylic acid groups (broad SMARTS) is 1. The van der Waals surface area contributed by atoms with E-state index in [2.05, 4.69) is 11.8 Å². The normalized spacial score (nSPS) is 22.9. The summed E-state index contributed by atoms with van der Waals surface area (Å²) in [6, 6.07) is -0.298. The van der Waals surface area contributed by atoms with Crippen molar-refractivity contribution in [2.24, 2.45) is 0 Å². The average Bonchev–Trinajstić information content (AvgIpc) is 2.49. The second-order valence-electron chi connectivity index (χ2n) is 4.35. The van der Waals surface area contributed by atoms with Crippen LogP contribution in [-0.2, 0) is 9.53 Å². The molecule has 0 bridgehead atoms. The number of hydrogen-bond acceptors (Lipinski definition) is 3. The van der Waals surface area contributed by atoms with Gasteiger partial charge in [-0.05, 0) is 25.8 Å². The Morgan fingerprint density at radius 1 is 1.38 bits per heavy atom. The van der Waals surface area contributed by atoms with Gasteiger partial charge in [0.25, 0.3) is 0 Å². The number of hydrogen-bond donors (Lipinski definition) is 1. The molecule has 4 nitrogen and oxygen atoms in total. The summed E-state index contributed by atoms with van der Waals surface area (Å²) in [5.74, 6) is -0.683. The monoisotopic (exact) mass is 229 g/mol. The first-order chi connectivity index (χ1) is 7.75. The molecule has 0 spiro atoms. The molecule has 1 aliphatic heterocycles. The molecule has 1 fully saturated rings. The molecule has 94 valence electrons. The zero-order chi connectivity index (χ0) is 11.8. The minimum absolute atomic E-state index is 0.298. The maximum Gasteiger partial charge on any atom is 0.320 e. The van der Waals surface area contributed by atoms with Crippen LogP contribution in [0, 0.1) is 0 Å². The number of carbonyl (C=O) groups is 1. The quantitative estimate of drug-likeness (QED) is 0.705. The standard InChI is InChI=1S/C12H23NO3/c1-2-9-16-10-8-13-7-5-3-4-6-11(13)12(14)15/h11H,2-10H2,1H3,(H,14,15). The van der Waals surface area contributed by atoms with E-state index < -0.39 is 5.97 Å². The van der Waals surface area contributed by atoms with Crippen LogP contribution in [0.5, 0.6) is 0 Å². The molecule has 0 saturated carbocycles. The molecule has 16 heavy (non-hydrogen) atoms. The molecule has 1 rings (SSSR count). The highest BCUT2D eigenvalue weighted by molar-refractivity contribution is 5.73. The van der Waals surface area contributed by atoms with Gasteiger partial charge in [-0.1, -0.05) is 19.8 Å². The Kier molecular flexibility index (Phi) is 6.42. The molecule has 0 aromatic heterocycles. The lowest BCUT2D eigenvalue weighted by molar-refractivity contribution is -0.143. The van der Waals surface area contributed by atoms with Gasteiger partial charge in [0.2, 0.25) is 0 Å². The molecule has 1 N–H and O–H groups in total. The number of likely N-dealkylation sites (tertiary alicyclic amines) is 1. The van der Waals surface area contributed by atoms with Crippen LogP contribution < -0.4 is 0 Å². The van der Waals surface area contributed by atoms with E-state index in [0.29, 0.717) is 6.61 Å². The van der Waals surface area contributed by atoms with E-state index in [1.165, 1.54) is 0 Å². The zero-order valence-electron chi connectivity index (χ0n) is 10.2. The zero-order valence-corrected chi connectivity index (χ0v) is 10.2. The van der Waals surface area contributed by atoms with Crippen LogP contribution in [0.2, 0.25) is 0 Å². The van der Waals surface area contributed by atoms with Gasteiger partial charge in [0.05, 0.1) is 6.61 Å². The summed E-state index contributed by atoms with van der Waals surface area (Å²) in [6.07, 6.45) is 5.09. The summed E-state index contributed by atoms with van der Waals surface area (Å²) in [7, 11) is 0. The Morgan fingerprint density at radius 3 is 2.88 bits per heavy atom. The van der Waals surface area contributed by atoms with E-state index in [0.717, 1.165) is 51.8 Å². The fourth-order valence-corrected chi connectivity index (χ4v) is 2.14. The van der Waals surface area contributed by atoms with Crippen LogP contribution in [0.25, 0.3) is 0 Å². The van der Waals surface area contributed by atoms with E-state index in [4.69, 9.17) is 9.84 Å². The van der Waals surface area contributed by atoms with Crippen molar-refractivity contribution < 1.29 is 14.6 Å². The molecular weight excluding hydrogens is 206 g/mol. The van der Waals surface area contributed by atoms with Crippen molar-refractivity contribution >= 4 is 5.97 Å². The predicted octanol–water partition coefficient (Wildman–Crippen LogP) is 1.74. The first-order valence-corrected chi connectivity index (χ1v) is 6.30. The number of aliphatic carboxylic acids is 1. The summed E-state index contributed by atoms with van der Waals surface area (Å²) in [5.41, 5.74) is 0. The van der Waals surface area contributed by atoms with Crippen molar-refractivity contribution in [2.45, 2.75) is 45.1 Å². The summed E-state index contributed by atoms with van der Waals surface area (Å²) in [6.45, 7) is 5.14. The average molecular weight is 229 g/mol. The van der Waals surface area contributed by atoms with E-state index in [1.807, 2.05) is 0 Å². The van der Waals surface area contributed by atoms with Gasteiger partial charge in [-0.2, -0.15) is 0 Å². The summed E-state index contributed by atoms with van der Waals surface area (Å²) in [5, 5.41) is 9.15. The van der Waals surface area contributed by atoms with Gasteiger partial charge in [0, 0.05) is 13.2 Å². The molecule has 4 heteroatoms. The second kappa shape index (κ2) is 7.63. The van der Waals surface area contributed by atoms with Gasteiger partial charge in [0.15, 0.2) is 0 Å². The lowest BCUT2D eigenvalue weighted by atomic mass is 10.1. The maximum absolute atomic E-state index is 11.1. The van der Waals surface area contributed by atoms with E-state index in [1.54, 1.807) is 0 Å². The molecule has 1 unspecified atom stereocenters. The van der Waals surface area contributed by atoms with Crippen LogP contribution in [0.1, 0.15) is 39.0 Å². The van der Waals surface area contributed by atoms with Crippen molar-refractivity contribution in [1.82, 2.24) is 4.90 Å². The maximum atomic E-state index is 11.1. The fraction of sp³-hybridized carbons (Fsp3) is 0.917. The SMILES string of the molecule is CCCOCCN1CCCCCC1C(=O)O. The van der Waals surface area contributed by atoms with Crippen LogP contribution in [0.15, 0.2) is 0 Å². The smallest absolute Gasteiger partial charge is 0.320 e. The van der Waals surface area contributed by atoms with E-state index in [-0.39, 0.29) is 6.04 Å². The molecule has 1 heterocycles. The predicted molar refractivity (Wildman–Crippen MR) is 62.6 cm³/mol. The van der Waals surface area contributed by atoms with Gasteiger partial charge in [-0.3, -0.25) is 9.69 Å². The lowest BCUT2D eigenvalue weighted by Gasteiger charge is -2.26. The Hall–Kier alpha value is -0.610. The third kappa shape index (κ3) is 4.49. The summed E-state index contributed by atoms with van der Waals surface area (Å²) in [4.78, 5) is 13.2. The molecule has 0 amide bonds. The number of nitrogens with zero attached hydrogens (tertiary/aromatic N) is 1. The second-order valence-corrected chi connectivity index (χ2v) is 4.35. The third-order valence-corrected chi connectivity index (χ3v) is 3.02. The van der Waals surface area contributed by atoms with Crippen molar-refractivity contribution in [2.75, 3.05) is 26.3 Å². The molecule has 0 radical (unpaired) electrons. The molecular formula is C12H23NO3. The number of ether oxygens (including phenoxy) is 1. The minimum Gasteiger partial charge on any atom is -0.480 e. The van der Waals surface area contributed by atoms with Gasteiger partial charge in [0.1, 0.15) is 6.04 Å². The fourth-order valence-electron chi connectivity index (χ4n) is 2.14. The third-order valence-electron chi connectivity index (χ3n) is 3.02. The summed E-state index contributed by atoms with van der Waals surface area (Å²) < 4.78 is 5.42. The minimum atomic E-state index is -0.683. The van der Waals surface area contributed by atoms with Crippen molar-refractivity contribution in [3.8, 4) is 0 Å². The number of rotatable bonds is 6. The highest BCUT2D eigenvalue weighted by Gasteiger charge is 2.26. The molecule has 1 atom stereocenters. The Morgan fingerprint density at radius 2 is 2.19 bits per heavy atom. The van der Waals surface area contributed by atoms with E-state index in [9.17, 15) is 4.79 Å². The van der Waals surface area contributed by atoms with E-state index >= 15 is 0 Å². The molecule has 0 aromatic carbocycles. The molecule has 0 aromatic rings. The largest absolute Gasteiger partial charge is 0.480 e. The molecule has 0 aliphatic carbocycles. The van der Waals surface area contributed by atoms with Gasteiger partial charge < -0.3 is 9.84 Å². The Bertz CT molecular complexity index is 208. The van der Waals surface area contributed by atoms with Crippen LogP contribution in [0.3, 0.4) is 0 Å². The van der Waals surface area contributed by atoms with Crippen LogP contribution in [-0.4, -0.2) is 48.3 Å². The Balaban J connectivity index is 2.35. The van der Waals surface area contributed by atoms with Crippen molar-refractivity contribution in [3.63, 3.8) is 0 Å². The summed E-state index contributed by atoms with van der Waals surface area (Å²) >= 11 is 0. The highest BCUT2D eigenvalue weighted by atomic mass is 16.5. The lowest BCUT2D eigenvalue weighted by Crippen LogP contribution is -2.42. The topological polar surface area (TPSA) is 49.8 Å². The van der Waals surface area contributed by atoms with Gasteiger partial charge >= 0.3 is 5.97 Å². The van der Waals surface area contributed by atoms with Crippen LogP contribution >= 0.6 is 0 Å². The molecule has 1 aliphatic rings. The van der Waals surface area contributed by atoms with Gasteiger partial charge in [-0.25, -0.2) is 0 Å². The first-order valence-electron chi connectivity index (χ1n) is 6.30. The van der Waals surface area contributed by atoms with Crippen molar-refractivity contribution in [1.29, 1.82) is 0 Å². The first kappa shape index (κ1) is 13.5.